The van der Waals surface area contributed by atoms with Crippen LogP contribution < -0.4 is 10.1 Å². The Bertz CT molecular complexity index is 757. The molecule has 1 aromatic rings. The summed E-state index contributed by atoms with van der Waals surface area (Å²) in [6.45, 7) is 0.399. The number of carbonyl (C=O) groups excluding carboxylic acids is 2. The van der Waals surface area contributed by atoms with Crippen LogP contribution in [0, 0.1) is 0 Å². The number of anilines is 1. The zero-order chi connectivity index (χ0) is 18.6. The molecule has 0 saturated carbocycles. The minimum absolute atomic E-state index is 0.0173. The van der Waals surface area contributed by atoms with Gasteiger partial charge in [-0.1, -0.05) is 0 Å². The molecule has 0 atom stereocenters. The number of esters is 2. The Morgan fingerprint density at radius 2 is 2.04 bits per heavy atom. The minimum atomic E-state index is -1.12. The average Bonchev–Trinajstić information content (AvgIpc) is 2.61. The highest BCUT2D eigenvalue weighted by Crippen LogP contribution is 2.40. The van der Waals surface area contributed by atoms with Crippen LogP contribution in [0.3, 0.4) is 0 Å². The van der Waals surface area contributed by atoms with Crippen molar-refractivity contribution in [1.82, 2.24) is 0 Å². The normalized spacial score (nSPS) is 13.3. The topological polar surface area (TPSA) is 111 Å². The number of benzene rings is 1. The van der Waals surface area contributed by atoms with Gasteiger partial charge in [0.05, 0.1) is 32.6 Å². The molecule has 1 heterocycles. The van der Waals surface area contributed by atoms with Crippen molar-refractivity contribution in [3.63, 3.8) is 0 Å². The lowest BCUT2D eigenvalue weighted by molar-refractivity contribution is -0.138. The lowest BCUT2D eigenvalue weighted by atomic mass is 9.99. The van der Waals surface area contributed by atoms with E-state index in [1.54, 1.807) is 0 Å². The third kappa shape index (κ3) is 4.11. The lowest BCUT2D eigenvalue weighted by Crippen LogP contribution is -2.19. The molecule has 134 valence electrons. The van der Waals surface area contributed by atoms with Crippen molar-refractivity contribution < 1.29 is 33.7 Å². The molecule has 9 heteroatoms. The minimum Gasteiger partial charge on any atom is -0.492 e. The maximum atomic E-state index is 11.9. The Labute approximate surface area is 151 Å². The monoisotopic (exact) mass is 413 g/mol. The summed E-state index contributed by atoms with van der Waals surface area (Å²) in [5.74, 6) is -2.39. The number of hydrogen-bond donors (Lipinski definition) is 2. The predicted octanol–water partition coefficient (Wildman–Crippen LogP) is 2.11. The second kappa shape index (κ2) is 8.02. The third-order valence-electron chi connectivity index (χ3n) is 3.51. The van der Waals surface area contributed by atoms with Crippen LogP contribution in [0.1, 0.15) is 22.3 Å². The van der Waals surface area contributed by atoms with Gasteiger partial charge < -0.3 is 24.6 Å². The second-order valence-corrected chi connectivity index (χ2v) is 5.90. The van der Waals surface area contributed by atoms with E-state index in [4.69, 9.17) is 4.74 Å². The van der Waals surface area contributed by atoms with Crippen LogP contribution in [0.15, 0.2) is 22.3 Å². The Hall–Kier alpha value is -2.55. The molecule has 25 heavy (non-hydrogen) atoms. The second-order valence-electron chi connectivity index (χ2n) is 5.04. The number of fused-ring (bicyclic) bond motifs is 1. The summed E-state index contributed by atoms with van der Waals surface area (Å²) in [5.41, 5.74) is 0.896. The van der Waals surface area contributed by atoms with Gasteiger partial charge >= 0.3 is 17.9 Å². The van der Waals surface area contributed by atoms with Gasteiger partial charge in [0.25, 0.3) is 0 Å². The molecule has 1 aliphatic heterocycles. The number of rotatable bonds is 5. The van der Waals surface area contributed by atoms with Crippen molar-refractivity contribution in [2.24, 2.45) is 0 Å². The van der Waals surface area contributed by atoms with E-state index in [-0.39, 0.29) is 17.0 Å². The number of ether oxygens (including phenoxy) is 3. The van der Waals surface area contributed by atoms with E-state index < -0.39 is 17.9 Å². The van der Waals surface area contributed by atoms with E-state index in [2.05, 4.69) is 30.7 Å². The van der Waals surface area contributed by atoms with E-state index >= 15 is 0 Å². The zero-order valence-electron chi connectivity index (χ0n) is 13.6. The summed E-state index contributed by atoms with van der Waals surface area (Å²) in [4.78, 5) is 34.8. The molecular formula is C16H16BrNO7. The molecule has 2 rings (SSSR count). The largest absolute Gasteiger partial charge is 0.492 e. The molecule has 0 aliphatic carbocycles. The van der Waals surface area contributed by atoms with Crippen LogP contribution in [-0.2, 0) is 25.5 Å². The molecule has 0 spiro atoms. The van der Waals surface area contributed by atoms with Crippen LogP contribution in [0.4, 0.5) is 5.69 Å². The van der Waals surface area contributed by atoms with Crippen LogP contribution in [-0.4, -0.2) is 43.8 Å². The number of methoxy groups -OCH3 is 2. The molecule has 0 fully saturated rings. The van der Waals surface area contributed by atoms with Gasteiger partial charge in [0, 0.05) is 10.0 Å². The highest BCUT2D eigenvalue weighted by Gasteiger charge is 2.26. The Balaban J connectivity index is 2.54. The fourth-order valence-corrected chi connectivity index (χ4v) is 2.94. The van der Waals surface area contributed by atoms with Crippen LogP contribution in [0.25, 0.3) is 0 Å². The molecule has 0 unspecified atom stereocenters. The van der Waals surface area contributed by atoms with Gasteiger partial charge in [-0.25, -0.2) is 14.4 Å². The SMILES string of the molecule is COC(=O)/C=C(/Nc1c(Br)cc(C(=O)O)c2c1CCCO2)C(=O)OC. The van der Waals surface area contributed by atoms with Crippen molar-refractivity contribution in [2.45, 2.75) is 12.8 Å². The fraction of sp³-hybridized carbons (Fsp3) is 0.312. The summed E-state index contributed by atoms with van der Waals surface area (Å²) in [7, 11) is 2.36. The summed E-state index contributed by atoms with van der Waals surface area (Å²) in [5, 5.41) is 12.2. The van der Waals surface area contributed by atoms with Crippen molar-refractivity contribution >= 4 is 39.5 Å². The maximum Gasteiger partial charge on any atom is 0.354 e. The first-order chi connectivity index (χ1) is 11.9. The predicted molar refractivity (Wildman–Crippen MR) is 90.7 cm³/mol. The molecule has 0 radical (unpaired) electrons. The van der Waals surface area contributed by atoms with Gasteiger partial charge in [-0.2, -0.15) is 0 Å². The Morgan fingerprint density at radius 1 is 1.32 bits per heavy atom. The van der Waals surface area contributed by atoms with Crippen molar-refractivity contribution in [3.8, 4) is 5.75 Å². The van der Waals surface area contributed by atoms with Crippen LogP contribution in [0.2, 0.25) is 0 Å². The number of nitrogens with one attached hydrogen (secondary N) is 1. The van der Waals surface area contributed by atoms with Gasteiger partial charge in [-0.05, 0) is 34.8 Å². The molecule has 8 nitrogen and oxygen atoms in total. The first-order valence-electron chi connectivity index (χ1n) is 7.25. The van der Waals surface area contributed by atoms with Crippen molar-refractivity contribution in [3.05, 3.63) is 33.4 Å². The lowest BCUT2D eigenvalue weighted by Gasteiger charge is -2.24. The molecule has 0 aromatic heterocycles. The fourth-order valence-electron chi connectivity index (χ4n) is 2.37. The van der Waals surface area contributed by atoms with E-state index in [1.165, 1.54) is 20.3 Å². The molecule has 1 aromatic carbocycles. The molecule has 0 bridgehead atoms. The Kier molecular flexibility index (Phi) is 6.02. The maximum absolute atomic E-state index is 11.9. The molecule has 0 saturated heterocycles. The number of hydrogen-bond acceptors (Lipinski definition) is 7. The van der Waals surface area contributed by atoms with Gasteiger partial charge in [-0.15, -0.1) is 0 Å². The molecule has 1 aliphatic rings. The quantitative estimate of drug-likeness (QED) is 0.557. The number of halogens is 1. The smallest absolute Gasteiger partial charge is 0.354 e. The zero-order valence-corrected chi connectivity index (χ0v) is 15.1. The standard InChI is InChI=1S/C16H16BrNO7/c1-23-12(19)7-11(16(22)24-2)18-13-8-4-3-5-25-14(8)9(15(20)21)6-10(13)17/h6-7,18H,3-5H2,1-2H3,(H,20,21)/b11-7+. The average molecular weight is 414 g/mol. The molecule has 2 N–H and O–H groups in total. The highest BCUT2D eigenvalue weighted by molar-refractivity contribution is 9.10. The van der Waals surface area contributed by atoms with E-state index in [0.29, 0.717) is 35.2 Å². The van der Waals surface area contributed by atoms with Gasteiger partial charge in [0.1, 0.15) is 17.0 Å². The van der Waals surface area contributed by atoms with Gasteiger partial charge in [0.2, 0.25) is 0 Å². The van der Waals surface area contributed by atoms with Gasteiger partial charge in [0.15, 0.2) is 0 Å². The van der Waals surface area contributed by atoms with E-state index in [0.717, 1.165) is 6.08 Å². The summed E-state index contributed by atoms with van der Waals surface area (Å²) in [6.07, 6.45) is 2.19. The molecule has 0 amide bonds. The highest BCUT2D eigenvalue weighted by atomic mass is 79.9. The molecular weight excluding hydrogens is 398 g/mol. The first-order valence-corrected chi connectivity index (χ1v) is 8.04. The van der Waals surface area contributed by atoms with Crippen LogP contribution in [0.5, 0.6) is 5.75 Å². The number of carboxylic acids is 1. The number of carboxylic acid groups (broad SMARTS) is 1. The third-order valence-corrected chi connectivity index (χ3v) is 4.13. The number of aromatic carboxylic acids is 1. The van der Waals surface area contributed by atoms with Crippen molar-refractivity contribution in [2.75, 3.05) is 26.1 Å². The van der Waals surface area contributed by atoms with Crippen LogP contribution >= 0.6 is 15.9 Å². The first kappa shape index (κ1) is 18.8. The van der Waals surface area contributed by atoms with Crippen molar-refractivity contribution in [1.29, 1.82) is 0 Å². The summed E-state index contributed by atoms with van der Waals surface area (Å²) < 4.78 is 15.1. The summed E-state index contributed by atoms with van der Waals surface area (Å²) in [6, 6.07) is 1.38. The Morgan fingerprint density at radius 3 is 2.64 bits per heavy atom. The summed E-state index contributed by atoms with van der Waals surface area (Å²) >= 11 is 3.30. The van der Waals surface area contributed by atoms with E-state index in [9.17, 15) is 19.5 Å². The number of carbonyl (C=O) groups is 3. The van der Waals surface area contributed by atoms with Gasteiger partial charge in [-0.3, -0.25) is 0 Å². The van der Waals surface area contributed by atoms with E-state index in [1.807, 2.05) is 0 Å².